The first-order valence-corrected chi connectivity index (χ1v) is 8.35. The van der Waals surface area contributed by atoms with Crippen molar-refractivity contribution in [1.82, 2.24) is 4.98 Å². The average molecular weight is 309 g/mol. The van der Waals surface area contributed by atoms with E-state index in [1.165, 1.54) is 31.2 Å². The first kappa shape index (κ1) is 15.6. The summed E-state index contributed by atoms with van der Waals surface area (Å²) >= 11 is 0. The Bertz CT molecular complexity index is 880. The van der Waals surface area contributed by atoms with E-state index in [0.29, 0.717) is 5.39 Å². The fourth-order valence-electron chi connectivity index (χ4n) is 3.10. The molecule has 1 N–H and O–H groups in total. The van der Waals surface area contributed by atoms with Crippen LogP contribution in [0.15, 0.2) is 41.2 Å². The van der Waals surface area contributed by atoms with Crippen LogP contribution in [0.5, 0.6) is 5.75 Å². The first-order valence-electron chi connectivity index (χ1n) is 8.35. The Balaban J connectivity index is 2.06. The molecule has 3 nitrogen and oxygen atoms in total. The summed E-state index contributed by atoms with van der Waals surface area (Å²) in [4.78, 5) is 15.2. The number of hydrogen-bond donors (Lipinski definition) is 1. The fraction of sp³-hybridized carbons (Fsp3) is 0.350. The van der Waals surface area contributed by atoms with Crippen molar-refractivity contribution in [3.8, 4) is 5.75 Å². The molecule has 0 fully saturated rings. The number of hydrogen-bond acceptors (Lipinski definition) is 2. The lowest BCUT2D eigenvalue weighted by atomic mass is 10.0. The molecule has 0 radical (unpaired) electrons. The molecule has 3 rings (SSSR count). The van der Waals surface area contributed by atoms with Crippen LogP contribution >= 0.6 is 0 Å². The minimum absolute atomic E-state index is 0.0501. The number of ether oxygens (including phenoxy) is 1. The number of pyridine rings is 1. The van der Waals surface area contributed by atoms with E-state index in [0.717, 1.165) is 28.5 Å². The highest BCUT2D eigenvalue weighted by Gasteiger charge is 2.07. The molecule has 0 aliphatic heterocycles. The van der Waals surface area contributed by atoms with Gasteiger partial charge in [-0.1, -0.05) is 32.3 Å². The third-order valence-corrected chi connectivity index (χ3v) is 4.41. The zero-order valence-corrected chi connectivity index (χ0v) is 13.8. The summed E-state index contributed by atoms with van der Waals surface area (Å²) in [5, 5.41) is 2.76. The van der Waals surface area contributed by atoms with Crippen LogP contribution in [0.3, 0.4) is 0 Å². The Morgan fingerprint density at radius 1 is 0.957 bits per heavy atom. The number of nitrogens with one attached hydrogen (secondary N) is 1. The highest BCUT2D eigenvalue weighted by molar-refractivity contribution is 6.05. The molecular formula is C20H23NO2. The molecule has 3 heteroatoms. The number of rotatable bonds is 6. The van der Waals surface area contributed by atoms with Gasteiger partial charge in [0.25, 0.3) is 5.56 Å². The molecule has 0 spiro atoms. The van der Waals surface area contributed by atoms with E-state index >= 15 is 0 Å². The number of unbranched alkanes of at least 4 members (excludes halogenated alkanes) is 3. The first-order chi connectivity index (χ1) is 11.2. The van der Waals surface area contributed by atoms with Crippen molar-refractivity contribution in [2.24, 2.45) is 0 Å². The van der Waals surface area contributed by atoms with Crippen LogP contribution in [0, 0.1) is 0 Å². The standard InChI is InChI=1S/C20H23NO2/c1-3-4-5-6-7-14-8-11-19-18(12-14)17-13-15(23-2)9-10-16(17)20(22)21-19/h8-13H,3-7H2,1-2H3,(H,21,22). The molecular weight excluding hydrogens is 286 g/mol. The second-order valence-corrected chi connectivity index (χ2v) is 6.06. The van der Waals surface area contributed by atoms with E-state index in [2.05, 4.69) is 24.0 Å². The summed E-state index contributed by atoms with van der Waals surface area (Å²) in [5.41, 5.74) is 2.16. The number of aryl methyl sites for hydroxylation is 1. The third-order valence-electron chi connectivity index (χ3n) is 4.41. The summed E-state index contributed by atoms with van der Waals surface area (Å²) in [6.45, 7) is 2.23. The topological polar surface area (TPSA) is 42.1 Å². The maximum atomic E-state index is 12.2. The molecule has 120 valence electrons. The predicted octanol–water partition coefficient (Wildman–Crippen LogP) is 4.81. The molecule has 1 heterocycles. The van der Waals surface area contributed by atoms with Gasteiger partial charge in [0.15, 0.2) is 0 Å². The molecule has 0 aliphatic rings. The minimum atomic E-state index is -0.0501. The van der Waals surface area contributed by atoms with Crippen molar-refractivity contribution >= 4 is 21.7 Å². The van der Waals surface area contributed by atoms with Crippen LogP contribution in [-0.2, 0) is 6.42 Å². The van der Waals surface area contributed by atoms with E-state index in [9.17, 15) is 4.79 Å². The lowest BCUT2D eigenvalue weighted by Crippen LogP contribution is -2.06. The minimum Gasteiger partial charge on any atom is -0.497 e. The molecule has 0 atom stereocenters. The second-order valence-electron chi connectivity index (χ2n) is 6.06. The molecule has 2 aromatic carbocycles. The van der Waals surface area contributed by atoms with E-state index in [4.69, 9.17) is 4.74 Å². The molecule has 1 aromatic heterocycles. The van der Waals surface area contributed by atoms with Gasteiger partial charge in [0.1, 0.15) is 5.75 Å². The molecule has 0 amide bonds. The highest BCUT2D eigenvalue weighted by Crippen LogP contribution is 2.26. The maximum Gasteiger partial charge on any atom is 0.256 e. The molecule has 3 aromatic rings. The monoisotopic (exact) mass is 309 g/mol. The van der Waals surface area contributed by atoms with E-state index in [1.54, 1.807) is 7.11 Å². The summed E-state index contributed by atoms with van der Waals surface area (Å²) in [5.74, 6) is 0.776. The number of methoxy groups -OCH3 is 1. The molecule has 0 unspecified atom stereocenters. The van der Waals surface area contributed by atoms with Gasteiger partial charge in [0, 0.05) is 21.7 Å². The normalized spacial score (nSPS) is 11.2. The summed E-state index contributed by atoms with van der Waals surface area (Å²) < 4.78 is 5.32. The van der Waals surface area contributed by atoms with Crippen molar-refractivity contribution in [2.45, 2.75) is 39.0 Å². The van der Waals surface area contributed by atoms with Crippen molar-refractivity contribution < 1.29 is 4.74 Å². The van der Waals surface area contributed by atoms with Crippen LogP contribution in [0.25, 0.3) is 21.7 Å². The van der Waals surface area contributed by atoms with Gasteiger partial charge in [0.05, 0.1) is 7.11 Å². The number of H-pyrrole nitrogens is 1. The number of fused-ring (bicyclic) bond motifs is 3. The van der Waals surface area contributed by atoms with E-state index < -0.39 is 0 Å². The highest BCUT2D eigenvalue weighted by atomic mass is 16.5. The van der Waals surface area contributed by atoms with E-state index in [-0.39, 0.29) is 5.56 Å². The Morgan fingerprint density at radius 2 is 1.83 bits per heavy atom. The molecule has 0 bridgehead atoms. The van der Waals surface area contributed by atoms with Crippen LogP contribution in [-0.4, -0.2) is 12.1 Å². The second kappa shape index (κ2) is 6.86. The van der Waals surface area contributed by atoms with Crippen LogP contribution in [0.2, 0.25) is 0 Å². The smallest absolute Gasteiger partial charge is 0.256 e. The van der Waals surface area contributed by atoms with Crippen LogP contribution in [0.1, 0.15) is 38.2 Å². The summed E-state index contributed by atoms with van der Waals surface area (Å²) in [6.07, 6.45) is 6.11. The van der Waals surface area contributed by atoms with Gasteiger partial charge in [-0.2, -0.15) is 0 Å². The Kier molecular flexibility index (Phi) is 4.65. The van der Waals surface area contributed by atoms with Crippen molar-refractivity contribution in [1.29, 1.82) is 0 Å². The van der Waals surface area contributed by atoms with Gasteiger partial charge < -0.3 is 9.72 Å². The molecule has 0 saturated heterocycles. The van der Waals surface area contributed by atoms with Gasteiger partial charge in [-0.3, -0.25) is 4.79 Å². The Labute approximate surface area is 136 Å². The number of aromatic nitrogens is 1. The molecule has 0 aliphatic carbocycles. The zero-order valence-electron chi connectivity index (χ0n) is 13.8. The van der Waals surface area contributed by atoms with Crippen LogP contribution in [0.4, 0.5) is 0 Å². The van der Waals surface area contributed by atoms with Crippen molar-refractivity contribution in [3.63, 3.8) is 0 Å². The SMILES string of the molecule is CCCCCCc1ccc2[nH]c(=O)c3ccc(OC)cc3c2c1. The summed E-state index contributed by atoms with van der Waals surface area (Å²) in [6, 6.07) is 12.0. The van der Waals surface area contributed by atoms with E-state index in [1.807, 2.05) is 24.3 Å². The largest absolute Gasteiger partial charge is 0.497 e. The van der Waals surface area contributed by atoms with Crippen LogP contribution < -0.4 is 10.3 Å². The maximum absolute atomic E-state index is 12.2. The quantitative estimate of drug-likeness (QED) is 0.524. The van der Waals surface area contributed by atoms with Gasteiger partial charge in [0.2, 0.25) is 0 Å². The molecule has 0 saturated carbocycles. The Hall–Kier alpha value is -2.29. The molecule has 23 heavy (non-hydrogen) atoms. The fourth-order valence-corrected chi connectivity index (χ4v) is 3.10. The predicted molar refractivity (Wildman–Crippen MR) is 96.5 cm³/mol. The number of aromatic amines is 1. The van der Waals surface area contributed by atoms with Gasteiger partial charge in [-0.25, -0.2) is 0 Å². The van der Waals surface area contributed by atoms with Gasteiger partial charge >= 0.3 is 0 Å². The summed E-state index contributed by atoms with van der Waals surface area (Å²) in [7, 11) is 1.65. The lowest BCUT2D eigenvalue weighted by molar-refractivity contribution is 0.415. The zero-order chi connectivity index (χ0) is 16.2. The lowest BCUT2D eigenvalue weighted by Gasteiger charge is -2.08. The average Bonchev–Trinajstić information content (AvgIpc) is 2.59. The van der Waals surface area contributed by atoms with Crippen molar-refractivity contribution in [2.75, 3.05) is 7.11 Å². The van der Waals surface area contributed by atoms with Crippen molar-refractivity contribution in [3.05, 3.63) is 52.3 Å². The van der Waals surface area contributed by atoms with Gasteiger partial charge in [-0.15, -0.1) is 0 Å². The Morgan fingerprint density at radius 3 is 2.61 bits per heavy atom. The number of benzene rings is 2. The third kappa shape index (κ3) is 3.24. The van der Waals surface area contributed by atoms with Gasteiger partial charge in [-0.05, 0) is 48.7 Å².